The largest absolute Gasteiger partial charge is 0.476 e. The molecule has 31 heavy (non-hydrogen) atoms. The standard InChI is InChI=1S/C22H30N6O3/c1-18-3-2-4-19(15-18)26-23-17-20-24-21(28-8-12-30-13-9-28)16-22(25-20)31-14-7-27-5-10-29-11-6-27/h2-4,15-17,26H,5-14H2,1H3. The number of aromatic nitrogens is 2. The average Bonchev–Trinajstić information content (AvgIpc) is 2.80. The predicted octanol–water partition coefficient (Wildman–Crippen LogP) is 1.78. The third-order valence-corrected chi connectivity index (χ3v) is 5.19. The van der Waals surface area contributed by atoms with Crippen LogP contribution >= 0.6 is 0 Å². The maximum absolute atomic E-state index is 5.99. The molecule has 2 fully saturated rings. The second kappa shape index (κ2) is 11.0. The highest BCUT2D eigenvalue weighted by atomic mass is 16.5. The molecule has 2 aliphatic rings. The third-order valence-electron chi connectivity index (χ3n) is 5.19. The molecule has 1 aromatic carbocycles. The molecule has 3 heterocycles. The second-order valence-corrected chi connectivity index (χ2v) is 7.56. The summed E-state index contributed by atoms with van der Waals surface area (Å²) in [7, 11) is 0. The molecule has 0 bridgehead atoms. The summed E-state index contributed by atoms with van der Waals surface area (Å²) in [5, 5.41) is 4.31. The molecule has 0 spiro atoms. The minimum absolute atomic E-state index is 0.505. The summed E-state index contributed by atoms with van der Waals surface area (Å²) in [6.07, 6.45) is 1.63. The molecule has 0 aliphatic carbocycles. The fourth-order valence-corrected chi connectivity index (χ4v) is 3.50. The van der Waals surface area contributed by atoms with Crippen LogP contribution in [0.4, 0.5) is 11.5 Å². The van der Waals surface area contributed by atoms with Crippen molar-refractivity contribution in [2.75, 3.05) is 76.1 Å². The molecule has 9 nitrogen and oxygen atoms in total. The van der Waals surface area contributed by atoms with E-state index < -0.39 is 0 Å². The van der Waals surface area contributed by atoms with Gasteiger partial charge in [0.05, 0.1) is 38.3 Å². The zero-order chi connectivity index (χ0) is 21.3. The van der Waals surface area contributed by atoms with E-state index in [0.29, 0.717) is 31.5 Å². The first-order valence-electron chi connectivity index (χ1n) is 10.8. The van der Waals surface area contributed by atoms with Crippen molar-refractivity contribution < 1.29 is 14.2 Å². The molecule has 0 radical (unpaired) electrons. The van der Waals surface area contributed by atoms with Gasteiger partial charge in [0.15, 0.2) is 5.82 Å². The van der Waals surface area contributed by atoms with Gasteiger partial charge in [-0.2, -0.15) is 10.1 Å². The molecule has 4 rings (SSSR count). The molecule has 166 valence electrons. The number of benzene rings is 1. The second-order valence-electron chi connectivity index (χ2n) is 7.56. The lowest BCUT2D eigenvalue weighted by atomic mass is 10.2. The highest BCUT2D eigenvalue weighted by Gasteiger charge is 2.16. The number of morpholine rings is 2. The Hall–Kier alpha value is -2.75. The van der Waals surface area contributed by atoms with Crippen LogP contribution in [0.5, 0.6) is 5.88 Å². The lowest BCUT2D eigenvalue weighted by molar-refractivity contribution is 0.0320. The van der Waals surface area contributed by atoms with Crippen molar-refractivity contribution in [2.24, 2.45) is 5.10 Å². The molecule has 0 saturated carbocycles. The van der Waals surface area contributed by atoms with Crippen LogP contribution in [0.15, 0.2) is 35.4 Å². The average molecular weight is 427 g/mol. The summed E-state index contributed by atoms with van der Waals surface area (Å²) in [6, 6.07) is 9.93. The van der Waals surface area contributed by atoms with E-state index in [2.05, 4.69) is 30.3 Å². The van der Waals surface area contributed by atoms with Gasteiger partial charge in [0.2, 0.25) is 5.88 Å². The van der Waals surface area contributed by atoms with E-state index in [9.17, 15) is 0 Å². The van der Waals surface area contributed by atoms with Gasteiger partial charge >= 0.3 is 0 Å². The predicted molar refractivity (Wildman–Crippen MR) is 120 cm³/mol. The summed E-state index contributed by atoms with van der Waals surface area (Å²) in [6.45, 7) is 9.87. The first kappa shape index (κ1) is 21.5. The Labute approximate surface area is 183 Å². The number of anilines is 2. The van der Waals surface area contributed by atoms with Crippen molar-refractivity contribution in [3.63, 3.8) is 0 Å². The van der Waals surface area contributed by atoms with E-state index >= 15 is 0 Å². The van der Waals surface area contributed by atoms with Crippen LogP contribution in [0.1, 0.15) is 11.4 Å². The molecule has 2 saturated heterocycles. The first-order chi connectivity index (χ1) is 15.3. The number of rotatable bonds is 8. The van der Waals surface area contributed by atoms with Gasteiger partial charge in [-0.3, -0.25) is 10.3 Å². The van der Waals surface area contributed by atoms with Crippen molar-refractivity contribution in [2.45, 2.75) is 6.92 Å². The van der Waals surface area contributed by atoms with Crippen LogP contribution in [0.25, 0.3) is 0 Å². The Morgan fingerprint density at radius 1 is 1.06 bits per heavy atom. The Bertz CT molecular complexity index is 866. The zero-order valence-electron chi connectivity index (χ0n) is 18.0. The van der Waals surface area contributed by atoms with Crippen molar-refractivity contribution >= 4 is 17.7 Å². The molecular formula is C22H30N6O3. The molecular weight excluding hydrogens is 396 g/mol. The normalized spacial score (nSPS) is 17.8. The number of aryl methyl sites for hydroxylation is 1. The summed E-state index contributed by atoms with van der Waals surface area (Å²) in [5.41, 5.74) is 5.12. The van der Waals surface area contributed by atoms with Gasteiger partial charge in [-0.25, -0.2) is 4.98 Å². The van der Waals surface area contributed by atoms with Crippen LogP contribution in [0.3, 0.4) is 0 Å². The van der Waals surface area contributed by atoms with Crippen molar-refractivity contribution in [3.8, 4) is 5.88 Å². The zero-order valence-corrected chi connectivity index (χ0v) is 18.0. The number of ether oxygens (including phenoxy) is 3. The number of hydrazone groups is 1. The highest BCUT2D eigenvalue weighted by Crippen LogP contribution is 2.19. The summed E-state index contributed by atoms with van der Waals surface area (Å²) >= 11 is 0. The SMILES string of the molecule is Cc1cccc(NN=Cc2nc(OCCN3CCOCC3)cc(N3CCOCC3)n2)c1. The minimum atomic E-state index is 0.505. The Morgan fingerprint density at radius 3 is 2.61 bits per heavy atom. The molecule has 0 unspecified atom stereocenters. The van der Waals surface area contributed by atoms with Gasteiger partial charge in [0.1, 0.15) is 12.4 Å². The fourth-order valence-electron chi connectivity index (χ4n) is 3.50. The number of nitrogens with one attached hydrogen (secondary N) is 1. The van der Waals surface area contributed by atoms with Crippen LogP contribution in [-0.2, 0) is 9.47 Å². The van der Waals surface area contributed by atoms with Crippen LogP contribution in [0.2, 0.25) is 0 Å². The summed E-state index contributed by atoms with van der Waals surface area (Å²) in [5.74, 6) is 1.89. The van der Waals surface area contributed by atoms with E-state index in [0.717, 1.165) is 57.4 Å². The van der Waals surface area contributed by atoms with Crippen molar-refractivity contribution in [3.05, 3.63) is 41.7 Å². The number of nitrogens with zero attached hydrogens (tertiary/aromatic N) is 5. The van der Waals surface area contributed by atoms with Gasteiger partial charge in [-0.15, -0.1) is 0 Å². The fraction of sp³-hybridized carbons (Fsp3) is 0.500. The molecule has 2 aromatic rings. The quantitative estimate of drug-likeness (QED) is 0.505. The molecule has 9 heteroatoms. The van der Waals surface area contributed by atoms with E-state index in [-0.39, 0.29) is 0 Å². The van der Waals surface area contributed by atoms with Gasteiger partial charge in [0, 0.05) is 38.8 Å². The monoisotopic (exact) mass is 426 g/mol. The van der Waals surface area contributed by atoms with Gasteiger partial charge in [0.25, 0.3) is 0 Å². The molecule has 1 N–H and O–H groups in total. The lowest BCUT2D eigenvalue weighted by Gasteiger charge is -2.28. The smallest absolute Gasteiger partial charge is 0.219 e. The lowest BCUT2D eigenvalue weighted by Crippen LogP contribution is -2.38. The van der Waals surface area contributed by atoms with E-state index in [1.165, 1.54) is 5.56 Å². The minimum Gasteiger partial charge on any atom is -0.476 e. The topological polar surface area (TPSA) is 84.3 Å². The number of hydrogen-bond donors (Lipinski definition) is 1. The van der Waals surface area contributed by atoms with Gasteiger partial charge in [-0.1, -0.05) is 12.1 Å². The van der Waals surface area contributed by atoms with Gasteiger partial charge in [-0.05, 0) is 24.6 Å². The molecule has 1 aromatic heterocycles. The summed E-state index contributed by atoms with van der Waals surface area (Å²) < 4.78 is 16.9. The van der Waals surface area contributed by atoms with Crippen molar-refractivity contribution in [1.29, 1.82) is 0 Å². The van der Waals surface area contributed by atoms with Crippen LogP contribution in [0, 0.1) is 6.92 Å². The van der Waals surface area contributed by atoms with E-state index in [4.69, 9.17) is 14.2 Å². The Balaban J connectivity index is 1.43. The van der Waals surface area contributed by atoms with Crippen LogP contribution in [-0.4, -0.2) is 86.8 Å². The van der Waals surface area contributed by atoms with Crippen molar-refractivity contribution in [1.82, 2.24) is 14.9 Å². The summed E-state index contributed by atoms with van der Waals surface area (Å²) in [4.78, 5) is 13.7. The first-order valence-corrected chi connectivity index (χ1v) is 10.8. The van der Waals surface area contributed by atoms with E-state index in [1.807, 2.05) is 37.3 Å². The van der Waals surface area contributed by atoms with Crippen LogP contribution < -0.4 is 15.1 Å². The van der Waals surface area contributed by atoms with Gasteiger partial charge < -0.3 is 19.1 Å². The molecule has 2 aliphatic heterocycles. The highest BCUT2D eigenvalue weighted by molar-refractivity contribution is 5.76. The molecule has 0 atom stereocenters. The van der Waals surface area contributed by atoms with E-state index in [1.54, 1.807) is 6.21 Å². The third kappa shape index (κ3) is 6.61. The maximum Gasteiger partial charge on any atom is 0.219 e. The Morgan fingerprint density at radius 2 is 1.84 bits per heavy atom. The number of hydrogen-bond acceptors (Lipinski definition) is 9. The maximum atomic E-state index is 5.99. The Kier molecular flexibility index (Phi) is 7.65. The molecule has 0 amide bonds.